The lowest BCUT2D eigenvalue weighted by Gasteiger charge is -2.26. The standard InChI is InChI=1S/C21H19F3N2O3/c1-12(2)18(27)16-17(15-8-3-4-9-25-15)26(20(29)19(16)28)11-13-6-5-7-14(10-13)21(22,23)24/h3-10,12,17,28H,11H2,1-2H3. The van der Waals surface area contributed by atoms with E-state index in [-0.39, 0.29) is 17.7 Å². The molecule has 1 amide bonds. The first-order valence-electron chi connectivity index (χ1n) is 8.96. The van der Waals surface area contributed by atoms with Crippen molar-refractivity contribution < 1.29 is 27.9 Å². The normalized spacial score (nSPS) is 17.4. The number of halogens is 3. The molecule has 0 saturated heterocycles. The molecule has 5 nitrogen and oxygen atoms in total. The third-order valence-corrected chi connectivity index (χ3v) is 4.67. The summed E-state index contributed by atoms with van der Waals surface area (Å²) < 4.78 is 39.1. The first-order chi connectivity index (χ1) is 13.6. The van der Waals surface area contributed by atoms with Crippen LogP contribution in [0.1, 0.15) is 36.7 Å². The summed E-state index contributed by atoms with van der Waals surface area (Å²) >= 11 is 0. The minimum atomic E-state index is -4.52. The molecule has 2 heterocycles. The Balaban J connectivity index is 2.04. The zero-order valence-corrected chi connectivity index (χ0v) is 15.8. The Morgan fingerprint density at radius 2 is 1.93 bits per heavy atom. The average Bonchev–Trinajstić information content (AvgIpc) is 2.92. The van der Waals surface area contributed by atoms with Crippen molar-refractivity contribution in [2.24, 2.45) is 5.92 Å². The van der Waals surface area contributed by atoms with Crippen LogP contribution in [0.2, 0.25) is 0 Å². The highest BCUT2D eigenvalue weighted by molar-refractivity contribution is 6.09. The summed E-state index contributed by atoms with van der Waals surface area (Å²) in [5.41, 5.74) is -0.358. The van der Waals surface area contributed by atoms with E-state index in [9.17, 15) is 27.9 Å². The van der Waals surface area contributed by atoms with Crippen LogP contribution in [0.3, 0.4) is 0 Å². The predicted octanol–water partition coefficient (Wildman–Crippen LogP) is 4.22. The zero-order chi connectivity index (χ0) is 21.3. The Morgan fingerprint density at radius 3 is 2.52 bits per heavy atom. The molecule has 152 valence electrons. The molecule has 1 atom stereocenters. The molecule has 1 N–H and O–H groups in total. The van der Waals surface area contributed by atoms with Crippen molar-refractivity contribution in [3.63, 3.8) is 0 Å². The fourth-order valence-corrected chi connectivity index (χ4v) is 3.27. The monoisotopic (exact) mass is 404 g/mol. The number of benzene rings is 1. The third kappa shape index (κ3) is 4.01. The molecule has 1 aliphatic rings. The molecule has 3 rings (SSSR count). The van der Waals surface area contributed by atoms with Crippen molar-refractivity contribution in [3.05, 3.63) is 76.8 Å². The van der Waals surface area contributed by atoms with E-state index in [1.807, 2.05) is 0 Å². The lowest BCUT2D eigenvalue weighted by molar-refractivity contribution is -0.137. The van der Waals surface area contributed by atoms with Crippen molar-refractivity contribution >= 4 is 11.7 Å². The second kappa shape index (κ2) is 7.69. The molecular weight excluding hydrogens is 385 g/mol. The molecule has 1 unspecified atom stereocenters. The van der Waals surface area contributed by atoms with E-state index < -0.39 is 41.1 Å². The molecule has 0 spiro atoms. The Morgan fingerprint density at radius 1 is 1.21 bits per heavy atom. The van der Waals surface area contributed by atoms with Crippen LogP contribution in [-0.4, -0.2) is 26.7 Å². The van der Waals surface area contributed by atoms with Crippen LogP contribution in [0.5, 0.6) is 0 Å². The van der Waals surface area contributed by atoms with E-state index in [1.54, 1.807) is 32.0 Å². The number of pyridine rings is 1. The van der Waals surface area contributed by atoms with Crippen molar-refractivity contribution in [2.75, 3.05) is 0 Å². The number of hydrogen-bond donors (Lipinski definition) is 1. The van der Waals surface area contributed by atoms with Gasteiger partial charge in [-0.05, 0) is 29.8 Å². The highest BCUT2D eigenvalue weighted by Gasteiger charge is 2.44. The van der Waals surface area contributed by atoms with E-state index in [4.69, 9.17) is 0 Å². The molecule has 0 radical (unpaired) electrons. The summed E-state index contributed by atoms with van der Waals surface area (Å²) in [5.74, 6) is -2.41. The minimum absolute atomic E-state index is 0.0873. The molecule has 1 aromatic heterocycles. The van der Waals surface area contributed by atoms with Crippen molar-refractivity contribution in [1.29, 1.82) is 0 Å². The number of carbonyl (C=O) groups is 2. The highest BCUT2D eigenvalue weighted by Crippen LogP contribution is 2.39. The number of Topliss-reactive ketones (excluding diaryl/α,β-unsaturated/α-hetero) is 1. The van der Waals surface area contributed by atoms with Crippen LogP contribution in [0.4, 0.5) is 13.2 Å². The van der Waals surface area contributed by atoms with Crippen LogP contribution in [-0.2, 0) is 22.3 Å². The largest absolute Gasteiger partial charge is 0.503 e. The number of rotatable bonds is 5. The van der Waals surface area contributed by atoms with Crippen molar-refractivity contribution in [2.45, 2.75) is 32.6 Å². The molecule has 8 heteroatoms. The first-order valence-corrected chi connectivity index (χ1v) is 8.96. The third-order valence-electron chi connectivity index (χ3n) is 4.67. The quantitative estimate of drug-likeness (QED) is 0.810. The van der Waals surface area contributed by atoms with E-state index >= 15 is 0 Å². The fraction of sp³-hybridized carbons (Fsp3) is 0.286. The molecule has 1 aromatic carbocycles. The smallest absolute Gasteiger partial charge is 0.416 e. The molecule has 29 heavy (non-hydrogen) atoms. The zero-order valence-electron chi connectivity index (χ0n) is 15.8. The van der Waals surface area contributed by atoms with Gasteiger partial charge in [0.25, 0.3) is 5.91 Å². The average molecular weight is 404 g/mol. The van der Waals surface area contributed by atoms with Gasteiger partial charge in [0.1, 0.15) is 6.04 Å². The number of alkyl halides is 3. The molecule has 1 aliphatic heterocycles. The summed E-state index contributed by atoms with van der Waals surface area (Å²) in [6, 6.07) is 8.54. The van der Waals surface area contributed by atoms with Gasteiger partial charge in [0.15, 0.2) is 11.5 Å². The summed E-state index contributed by atoms with van der Waals surface area (Å²) in [5, 5.41) is 10.4. The van der Waals surface area contributed by atoms with Gasteiger partial charge in [-0.1, -0.05) is 32.0 Å². The van der Waals surface area contributed by atoms with E-state index in [1.165, 1.54) is 23.2 Å². The van der Waals surface area contributed by atoms with E-state index in [0.29, 0.717) is 5.69 Å². The van der Waals surface area contributed by atoms with E-state index in [0.717, 1.165) is 12.1 Å². The number of aliphatic hydroxyl groups is 1. The van der Waals surface area contributed by atoms with Gasteiger partial charge >= 0.3 is 6.18 Å². The number of aromatic nitrogens is 1. The lowest BCUT2D eigenvalue weighted by Crippen LogP contribution is -2.31. The summed E-state index contributed by atoms with van der Waals surface area (Å²) in [7, 11) is 0. The molecule has 0 aliphatic carbocycles. The highest BCUT2D eigenvalue weighted by atomic mass is 19.4. The fourth-order valence-electron chi connectivity index (χ4n) is 3.27. The van der Waals surface area contributed by atoms with Crippen molar-refractivity contribution in [3.8, 4) is 0 Å². The Kier molecular flexibility index (Phi) is 5.46. The van der Waals surface area contributed by atoms with Crippen LogP contribution < -0.4 is 0 Å². The van der Waals surface area contributed by atoms with Gasteiger partial charge in [0.05, 0.1) is 16.8 Å². The van der Waals surface area contributed by atoms with Gasteiger partial charge in [0.2, 0.25) is 0 Å². The summed E-state index contributed by atoms with van der Waals surface area (Å²) in [6.07, 6.45) is -3.04. The lowest BCUT2D eigenvalue weighted by atomic mass is 9.93. The van der Waals surface area contributed by atoms with Gasteiger partial charge in [0, 0.05) is 18.7 Å². The van der Waals surface area contributed by atoms with Gasteiger partial charge in [-0.15, -0.1) is 0 Å². The van der Waals surface area contributed by atoms with Gasteiger partial charge in [-0.3, -0.25) is 14.6 Å². The van der Waals surface area contributed by atoms with Crippen molar-refractivity contribution in [1.82, 2.24) is 9.88 Å². The summed E-state index contributed by atoms with van der Waals surface area (Å²) in [6.45, 7) is 3.05. The second-order valence-corrected chi connectivity index (χ2v) is 7.07. The Bertz CT molecular complexity index is 969. The van der Waals surface area contributed by atoms with Crippen LogP contribution >= 0.6 is 0 Å². The van der Waals surface area contributed by atoms with Gasteiger partial charge < -0.3 is 10.0 Å². The maximum atomic E-state index is 13.0. The number of ketones is 1. The molecular formula is C21H19F3N2O3. The van der Waals surface area contributed by atoms with E-state index in [2.05, 4.69) is 4.98 Å². The maximum Gasteiger partial charge on any atom is 0.416 e. The first kappa shape index (κ1) is 20.6. The number of hydrogen-bond acceptors (Lipinski definition) is 4. The second-order valence-electron chi connectivity index (χ2n) is 7.07. The topological polar surface area (TPSA) is 70.5 Å². The molecule has 2 aromatic rings. The number of carbonyl (C=O) groups excluding carboxylic acids is 2. The number of amides is 1. The van der Waals surface area contributed by atoms with Crippen LogP contribution in [0, 0.1) is 5.92 Å². The van der Waals surface area contributed by atoms with Gasteiger partial charge in [-0.25, -0.2) is 0 Å². The van der Waals surface area contributed by atoms with Gasteiger partial charge in [-0.2, -0.15) is 13.2 Å². The Hall–Kier alpha value is -3.16. The predicted molar refractivity (Wildman–Crippen MR) is 98.5 cm³/mol. The maximum absolute atomic E-state index is 13.0. The molecule has 0 saturated carbocycles. The minimum Gasteiger partial charge on any atom is -0.503 e. The van der Waals surface area contributed by atoms with Crippen LogP contribution in [0.15, 0.2) is 60.0 Å². The molecule has 0 bridgehead atoms. The number of aliphatic hydroxyl groups excluding tert-OH is 1. The SMILES string of the molecule is CC(C)C(=O)C1=C(O)C(=O)N(Cc2cccc(C(F)(F)F)c2)C1c1ccccn1. The summed E-state index contributed by atoms with van der Waals surface area (Å²) in [4.78, 5) is 30.8. The number of nitrogens with zero attached hydrogens (tertiary/aromatic N) is 2. The Labute approximate surface area is 165 Å². The molecule has 0 fully saturated rings. The van der Waals surface area contributed by atoms with Crippen LogP contribution in [0.25, 0.3) is 0 Å².